The minimum atomic E-state index is 1.01. The Morgan fingerprint density at radius 2 is 1.46 bits per heavy atom. The van der Waals surface area contributed by atoms with Crippen LogP contribution in [0.1, 0.15) is 9.75 Å². The van der Waals surface area contributed by atoms with E-state index < -0.39 is 0 Å². The van der Waals surface area contributed by atoms with Crippen molar-refractivity contribution in [3.05, 3.63) is 34.0 Å². The van der Waals surface area contributed by atoms with Gasteiger partial charge in [0.15, 0.2) is 0 Å². The average molecular weight is 186 g/mol. The van der Waals surface area contributed by atoms with Crippen LogP contribution in [0.2, 0.25) is 0 Å². The Kier molecular flexibility index (Phi) is 3.50. The van der Waals surface area contributed by atoms with E-state index in [4.69, 9.17) is 10.5 Å². The highest BCUT2D eigenvalue weighted by Crippen LogP contribution is 2.18. The lowest BCUT2D eigenvalue weighted by atomic mass is 10.4. The largest absolute Gasteiger partial charge is 0.193 e. The quantitative estimate of drug-likeness (QED) is 0.667. The van der Waals surface area contributed by atoms with Gasteiger partial charge in [-0.3, -0.25) is 0 Å². The Bertz CT molecular complexity index is 374. The third kappa shape index (κ3) is 2.94. The van der Waals surface area contributed by atoms with Gasteiger partial charge in [-0.25, -0.2) is 0 Å². The topological polar surface area (TPSA) is 47.6 Å². The van der Waals surface area contributed by atoms with Gasteiger partial charge in [0.1, 0.15) is 0 Å². The molecule has 0 saturated carbocycles. The lowest BCUT2D eigenvalue weighted by Crippen LogP contribution is -1.54. The van der Waals surface area contributed by atoms with E-state index in [0.29, 0.717) is 0 Å². The SMILES string of the molecule is N#CC=Cc1ccc(C=CC#N)s1. The molecule has 0 aliphatic heterocycles. The van der Waals surface area contributed by atoms with E-state index in [0.717, 1.165) is 9.75 Å². The van der Waals surface area contributed by atoms with Crippen LogP contribution in [0, 0.1) is 22.7 Å². The van der Waals surface area contributed by atoms with Crippen molar-refractivity contribution in [1.29, 1.82) is 10.5 Å². The van der Waals surface area contributed by atoms with Crippen molar-refractivity contribution in [3.8, 4) is 12.1 Å². The number of allylic oxidation sites excluding steroid dienone is 2. The van der Waals surface area contributed by atoms with Gasteiger partial charge in [-0.05, 0) is 24.3 Å². The van der Waals surface area contributed by atoms with Gasteiger partial charge in [-0.15, -0.1) is 11.3 Å². The van der Waals surface area contributed by atoms with E-state index in [-0.39, 0.29) is 0 Å². The highest BCUT2D eigenvalue weighted by Gasteiger charge is 1.92. The average Bonchev–Trinajstić information content (AvgIpc) is 2.59. The molecule has 0 fully saturated rings. The van der Waals surface area contributed by atoms with Crippen LogP contribution in [0.25, 0.3) is 12.2 Å². The molecule has 1 rings (SSSR count). The standard InChI is InChI=1S/C10H6N2S/c11-7-1-3-9-5-6-10(13-9)4-2-8-12/h1-6H. The Morgan fingerprint density at radius 3 is 1.85 bits per heavy atom. The number of rotatable bonds is 2. The summed E-state index contributed by atoms with van der Waals surface area (Å²) in [6, 6.07) is 7.67. The predicted octanol–water partition coefficient (Wildman–Crippen LogP) is 2.82. The van der Waals surface area contributed by atoms with Crippen LogP contribution in [0.4, 0.5) is 0 Å². The van der Waals surface area contributed by atoms with Gasteiger partial charge < -0.3 is 0 Å². The summed E-state index contributed by atoms with van der Waals surface area (Å²) < 4.78 is 0. The molecule has 0 radical (unpaired) electrons. The summed E-state index contributed by atoms with van der Waals surface area (Å²) in [5.41, 5.74) is 0. The number of nitrogens with zero attached hydrogens (tertiary/aromatic N) is 2. The molecule has 1 heterocycles. The van der Waals surface area contributed by atoms with Crippen molar-refractivity contribution >= 4 is 23.5 Å². The maximum absolute atomic E-state index is 8.29. The number of thiophene rings is 1. The first-order valence-electron chi connectivity index (χ1n) is 3.59. The molecule has 0 amide bonds. The maximum Gasteiger partial charge on any atom is 0.0912 e. The van der Waals surface area contributed by atoms with Crippen molar-refractivity contribution < 1.29 is 0 Å². The fourth-order valence-electron chi connectivity index (χ4n) is 0.786. The maximum atomic E-state index is 8.29. The first-order chi connectivity index (χ1) is 6.36. The molecule has 0 aliphatic rings. The zero-order valence-corrected chi connectivity index (χ0v) is 7.58. The zero-order valence-electron chi connectivity index (χ0n) is 6.77. The molecule has 1 aromatic heterocycles. The molecule has 0 bridgehead atoms. The fraction of sp³-hybridized carbons (Fsp3) is 0. The Balaban J connectivity index is 2.77. The molecule has 0 atom stereocenters. The molecule has 0 spiro atoms. The Labute approximate surface area is 80.7 Å². The summed E-state index contributed by atoms with van der Waals surface area (Å²) in [5.74, 6) is 0. The molecule has 0 aromatic carbocycles. The van der Waals surface area contributed by atoms with Gasteiger partial charge in [0.2, 0.25) is 0 Å². The van der Waals surface area contributed by atoms with E-state index in [1.165, 1.54) is 23.5 Å². The van der Waals surface area contributed by atoms with Crippen LogP contribution in [0.5, 0.6) is 0 Å². The van der Waals surface area contributed by atoms with Crippen LogP contribution in [-0.4, -0.2) is 0 Å². The van der Waals surface area contributed by atoms with E-state index in [2.05, 4.69) is 0 Å². The predicted molar refractivity (Wildman–Crippen MR) is 53.6 cm³/mol. The molecule has 1 aromatic rings. The first kappa shape index (κ1) is 9.25. The van der Waals surface area contributed by atoms with Crippen LogP contribution >= 0.6 is 11.3 Å². The Hall–Kier alpha value is -1.84. The molecule has 0 saturated heterocycles. The zero-order chi connectivity index (χ0) is 9.52. The van der Waals surface area contributed by atoms with Crippen LogP contribution < -0.4 is 0 Å². The fourth-order valence-corrected chi connectivity index (χ4v) is 1.60. The van der Waals surface area contributed by atoms with Crippen molar-refractivity contribution in [1.82, 2.24) is 0 Å². The summed E-state index contributed by atoms with van der Waals surface area (Å²) in [7, 11) is 0. The molecule has 0 unspecified atom stereocenters. The molecule has 2 nitrogen and oxygen atoms in total. The molecule has 62 valence electrons. The highest BCUT2D eigenvalue weighted by atomic mass is 32.1. The smallest absolute Gasteiger partial charge is 0.0912 e. The molecule has 3 heteroatoms. The summed E-state index contributed by atoms with van der Waals surface area (Å²) in [4.78, 5) is 2.03. The van der Waals surface area contributed by atoms with Gasteiger partial charge in [0.25, 0.3) is 0 Å². The van der Waals surface area contributed by atoms with E-state index in [1.807, 2.05) is 24.3 Å². The van der Waals surface area contributed by atoms with Gasteiger partial charge >= 0.3 is 0 Å². The van der Waals surface area contributed by atoms with Gasteiger partial charge in [-0.1, -0.05) is 0 Å². The van der Waals surface area contributed by atoms with Crippen molar-refractivity contribution in [2.24, 2.45) is 0 Å². The normalized spacial score (nSPS) is 10.3. The second kappa shape index (κ2) is 4.92. The van der Waals surface area contributed by atoms with E-state index >= 15 is 0 Å². The van der Waals surface area contributed by atoms with Gasteiger partial charge in [0, 0.05) is 21.9 Å². The second-order valence-corrected chi connectivity index (χ2v) is 3.31. The van der Waals surface area contributed by atoms with Crippen LogP contribution in [0.15, 0.2) is 24.3 Å². The molecular weight excluding hydrogens is 180 g/mol. The monoisotopic (exact) mass is 186 g/mol. The van der Waals surface area contributed by atoms with Crippen molar-refractivity contribution in [2.75, 3.05) is 0 Å². The summed E-state index contributed by atoms with van der Waals surface area (Å²) in [6.07, 6.45) is 6.36. The molecule has 13 heavy (non-hydrogen) atoms. The van der Waals surface area contributed by atoms with Crippen molar-refractivity contribution in [3.63, 3.8) is 0 Å². The van der Waals surface area contributed by atoms with Gasteiger partial charge in [-0.2, -0.15) is 10.5 Å². The minimum absolute atomic E-state index is 1.01. The first-order valence-corrected chi connectivity index (χ1v) is 4.40. The van der Waals surface area contributed by atoms with Crippen LogP contribution in [-0.2, 0) is 0 Å². The number of nitriles is 2. The molecule has 0 N–H and O–H groups in total. The third-order valence-corrected chi connectivity index (χ3v) is 2.31. The third-order valence-electron chi connectivity index (χ3n) is 1.29. The summed E-state index contributed by atoms with van der Waals surface area (Å²) in [5, 5.41) is 16.6. The number of hydrogen-bond donors (Lipinski definition) is 0. The Morgan fingerprint density at radius 1 is 1.00 bits per heavy atom. The van der Waals surface area contributed by atoms with E-state index in [9.17, 15) is 0 Å². The lowest BCUT2D eigenvalue weighted by Gasteiger charge is -1.79. The number of hydrogen-bond acceptors (Lipinski definition) is 3. The van der Waals surface area contributed by atoms with Crippen molar-refractivity contribution in [2.45, 2.75) is 0 Å². The summed E-state index contributed by atoms with van der Waals surface area (Å²) in [6.45, 7) is 0. The summed E-state index contributed by atoms with van der Waals surface area (Å²) >= 11 is 1.54. The van der Waals surface area contributed by atoms with Crippen LogP contribution in [0.3, 0.4) is 0 Å². The lowest BCUT2D eigenvalue weighted by molar-refractivity contribution is 1.54. The van der Waals surface area contributed by atoms with E-state index in [1.54, 1.807) is 12.2 Å². The molecule has 0 aliphatic carbocycles. The van der Waals surface area contributed by atoms with Gasteiger partial charge in [0.05, 0.1) is 12.1 Å². The highest BCUT2D eigenvalue weighted by molar-refractivity contribution is 7.13. The minimum Gasteiger partial charge on any atom is -0.193 e. The second-order valence-electron chi connectivity index (χ2n) is 2.16. The molecular formula is C10H6N2S.